The van der Waals surface area contributed by atoms with Gasteiger partial charge in [0.25, 0.3) is 0 Å². The van der Waals surface area contributed by atoms with Crippen molar-refractivity contribution in [3.8, 4) is 0 Å². The number of aliphatic imine (C=N–C) groups is 1. The minimum atomic E-state index is 0.589. The highest BCUT2D eigenvalue weighted by Crippen LogP contribution is 2.06. The molecule has 1 heteroatoms. The monoisotopic (exact) mass is 167 g/mol. The summed E-state index contributed by atoms with van der Waals surface area (Å²) in [6.45, 7) is 11.7. The molecule has 1 nitrogen and oxygen atoms in total. The molecule has 0 amide bonds. The number of rotatable bonds is 4. The van der Waals surface area contributed by atoms with Crippen LogP contribution in [0.3, 0.4) is 0 Å². The molecule has 0 saturated carbocycles. The maximum atomic E-state index is 4.37. The van der Waals surface area contributed by atoms with Crippen LogP contribution in [0.4, 0.5) is 0 Å². The van der Waals surface area contributed by atoms with E-state index in [1.807, 2.05) is 6.21 Å². The van der Waals surface area contributed by atoms with Crippen LogP contribution in [0.15, 0.2) is 16.6 Å². The molecule has 0 saturated heterocycles. The van der Waals surface area contributed by atoms with Gasteiger partial charge in [0, 0.05) is 12.8 Å². The second-order valence-corrected chi connectivity index (χ2v) is 3.83. The Bertz CT molecular complexity index is 164. The highest BCUT2D eigenvalue weighted by atomic mass is 14.7. The van der Waals surface area contributed by atoms with Gasteiger partial charge >= 0.3 is 0 Å². The van der Waals surface area contributed by atoms with Gasteiger partial charge < -0.3 is 0 Å². The molecule has 0 aliphatic carbocycles. The quantitative estimate of drug-likeness (QED) is 0.570. The Labute approximate surface area is 76.6 Å². The lowest BCUT2D eigenvalue weighted by atomic mass is 10.0. The Kier molecular flexibility index (Phi) is 5.69. The fourth-order valence-electron chi connectivity index (χ4n) is 0.926. The number of nitrogens with zero attached hydrogens (tertiary/aromatic N) is 1. The Morgan fingerprint density at radius 3 is 2.17 bits per heavy atom. The van der Waals surface area contributed by atoms with Gasteiger partial charge in [0.05, 0.1) is 0 Å². The Hall–Kier alpha value is -0.590. The summed E-state index contributed by atoms with van der Waals surface area (Å²) in [5.74, 6) is 1.25. The standard InChI is InChI=1S/C11H21N/c1-6-11(10(4)5)8-12-7-9(2)3/h6,8-10H,7H2,1-5H3/b11-6+,12-8-. The molecule has 0 heterocycles. The van der Waals surface area contributed by atoms with Crippen LogP contribution in [0.5, 0.6) is 0 Å². The van der Waals surface area contributed by atoms with Gasteiger partial charge in [0.2, 0.25) is 0 Å². The minimum Gasteiger partial charge on any atom is -0.293 e. The normalized spacial score (nSPS) is 13.8. The first-order valence-corrected chi connectivity index (χ1v) is 4.74. The summed E-state index contributed by atoms with van der Waals surface area (Å²) in [5.41, 5.74) is 1.33. The van der Waals surface area contributed by atoms with Crippen molar-refractivity contribution in [2.75, 3.05) is 6.54 Å². The van der Waals surface area contributed by atoms with Crippen molar-refractivity contribution >= 4 is 6.21 Å². The van der Waals surface area contributed by atoms with Gasteiger partial charge in [0.15, 0.2) is 0 Å². The van der Waals surface area contributed by atoms with E-state index in [2.05, 4.69) is 45.7 Å². The van der Waals surface area contributed by atoms with E-state index in [9.17, 15) is 0 Å². The average molecular weight is 167 g/mol. The van der Waals surface area contributed by atoms with Crippen LogP contribution >= 0.6 is 0 Å². The van der Waals surface area contributed by atoms with Crippen LogP contribution in [0, 0.1) is 11.8 Å². The predicted molar refractivity (Wildman–Crippen MR) is 56.8 cm³/mol. The summed E-state index contributed by atoms with van der Waals surface area (Å²) in [6.07, 6.45) is 4.14. The molecule has 0 aliphatic rings. The summed E-state index contributed by atoms with van der Waals surface area (Å²) < 4.78 is 0. The van der Waals surface area contributed by atoms with Gasteiger partial charge in [0.1, 0.15) is 0 Å². The topological polar surface area (TPSA) is 12.4 Å². The number of hydrogen-bond acceptors (Lipinski definition) is 1. The van der Waals surface area contributed by atoms with E-state index >= 15 is 0 Å². The van der Waals surface area contributed by atoms with Crippen molar-refractivity contribution < 1.29 is 0 Å². The smallest absolute Gasteiger partial charge is 0.0412 e. The van der Waals surface area contributed by atoms with Crippen molar-refractivity contribution in [3.05, 3.63) is 11.6 Å². The fourth-order valence-corrected chi connectivity index (χ4v) is 0.926. The van der Waals surface area contributed by atoms with Crippen LogP contribution in [0.25, 0.3) is 0 Å². The van der Waals surface area contributed by atoms with Crippen molar-refractivity contribution in [2.45, 2.75) is 34.6 Å². The van der Waals surface area contributed by atoms with Crippen LogP contribution in [0.1, 0.15) is 34.6 Å². The molecular formula is C11H21N. The zero-order valence-electron chi connectivity index (χ0n) is 8.96. The van der Waals surface area contributed by atoms with E-state index in [1.54, 1.807) is 0 Å². The van der Waals surface area contributed by atoms with Gasteiger partial charge in [-0.05, 0) is 24.3 Å². The molecule has 12 heavy (non-hydrogen) atoms. The van der Waals surface area contributed by atoms with Crippen LogP contribution < -0.4 is 0 Å². The fraction of sp³-hybridized carbons (Fsp3) is 0.727. The Morgan fingerprint density at radius 2 is 1.83 bits per heavy atom. The highest BCUT2D eigenvalue weighted by Gasteiger charge is 1.97. The second-order valence-electron chi connectivity index (χ2n) is 3.83. The van der Waals surface area contributed by atoms with Crippen molar-refractivity contribution in [1.82, 2.24) is 0 Å². The van der Waals surface area contributed by atoms with E-state index < -0.39 is 0 Å². The zero-order chi connectivity index (χ0) is 9.56. The van der Waals surface area contributed by atoms with E-state index in [0.717, 1.165) is 6.54 Å². The average Bonchev–Trinajstić information content (AvgIpc) is 1.96. The SMILES string of the molecule is C/C=C(\C=N/CC(C)C)C(C)C. The molecule has 0 atom stereocenters. The molecule has 0 unspecified atom stereocenters. The predicted octanol–water partition coefficient (Wildman–Crippen LogP) is 3.32. The largest absolute Gasteiger partial charge is 0.293 e. The van der Waals surface area contributed by atoms with Gasteiger partial charge in [-0.25, -0.2) is 0 Å². The lowest BCUT2D eigenvalue weighted by molar-refractivity contribution is 0.666. The molecule has 0 spiro atoms. The van der Waals surface area contributed by atoms with Crippen molar-refractivity contribution in [1.29, 1.82) is 0 Å². The van der Waals surface area contributed by atoms with Crippen LogP contribution in [0.2, 0.25) is 0 Å². The van der Waals surface area contributed by atoms with Gasteiger partial charge in [-0.3, -0.25) is 4.99 Å². The molecular weight excluding hydrogens is 146 g/mol. The Balaban J connectivity index is 3.95. The summed E-state index contributed by atoms with van der Waals surface area (Å²) in [7, 11) is 0. The van der Waals surface area contributed by atoms with E-state index in [1.165, 1.54) is 5.57 Å². The molecule has 0 aromatic heterocycles. The highest BCUT2D eigenvalue weighted by molar-refractivity contribution is 5.78. The third kappa shape index (κ3) is 5.11. The molecule has 0 N–H and O–H groups in total. The minimum absolute atomic E-state index is 0.589. The maximum Gasteiger partial charge on any atom is 0.0412 e. The maximum absolute atomic E-state index is 4.37. The molecule has 0 bridgehead atoms. The first-order chi connectivity index (χ1) is 5.57. The van der Waals surface area contributed by atoms with E-state index in [-0.39, 0.29) is 0 Å². The summed E-state index contributed by atoms with van der Waals surface area (Å²) in [4.78, 5) is 4.37. The first-order valence-electron chi connectivity index (χ1n) is 4.74. The first kappa shape index (κ1) is 11.4. The third-order valence-corrected chi connectivity index (χ3v) is 1.71. The van der Waals surface area contributed by atoms with Crippen LogP contribution in [-0.2, 0) is 0 Å². The van der Waals surface area contributed by atoms with Gasteiger partial charge in [-0.2, -0.15) is 0 Å². The Morgan fingerprint density at radius 1 is 1.25 bits per heavy atom. The number of allylic oxidation sites excluding steroid dienone is 2. The molecule has 0 aliphatic heterocycles. The van der Waals surface area contributed by atoms with E-state index in [4.69, 9.17) is 0 Å². The van der Waals surface area contributed by atoms with Crippen LogP contribution in [-0.4, -0.2) is 12.8 Å². The second kappa shape index (κ2) is 5.99. The lowest BCUT2D eigenvalue weighted by Crippen LogP contribution is -1.98. The van der Waals surface area contributed by atoms with Crippen molar-refractivity contribution in [3.63, 3.8) is 0 Å². The molecule has 70 valence electrons. The summed E-state index contributed by atoms with van der Waals surface area (Å²) in [6, 6.07) is 0. The third-order valence-electron chi connectivity index (χ3n) is 1.71. The summed E-state index contributed by atoms with van der Waals surface area (Å²) >= 11 is 0. The van der Waals surface area contributed by atoms with Crippen molar-refractivity contribution in [2.24, 2.45) is 16.8 Å². The zero-order valence-corrected chi connectivity index (χ0v) is 8.96. The van der Waals surface area contributed by atoms with Gasteiger partial charge in [-0.15, -0.1) is 0 Å². The molecule has 0 aromatic carbocycles. The molecule has 0 aromatic rings. The van der Waals surface area contributed by atoms with Gasteiger partial charge in [-0.1, -0.05) is 33.8 Å². The van der Waals surface area contributed by atoms with E-state index in [0.29, 0.717) is 11.8 Å². The molecule has 0 rings (SSSR count). The molecule has 0 fully saturated rings. The lowest BCUT2D eigenvalue weighted by Gasteiger charge is -2.04. The summed E-state index contributed by atoms with van der Waals surface area (Å²) in [5, 5.41) is 0. The molecule has 0 radical (unpaired) electrons. The number of hydrogen-bond donors (Lipinski definition) is 0.